The maximum Gasteiger partial charge on any atom is 0.208 e. The van der Waals surface area contributed by atoms with Crippen LogP contribution < -0.4 is 4.72 Å². The number of sulfonamides is 1. The third kappa shape index (κ3) is 2.98. The first-order valence-corrected chi connectivity index (χ1v) is 7.08. The van der Waals surface area contributed by atoms with Crippen molar-refractivity contribution in [3.05, 3.63) is 30.0 Å². The fraction of sp³-hybridized carbons (Fsp3) is 0.273. The number of aromatic hydroxyl groups is 1. The standard InChI is InChI=1S/C11H14N2O3S/c1-17(15,16)13-5-4-8-7-12-11-3-2-9(14)6-10(8)11/h2-3,6-7,12-14H,4-5H2,1H3. The second-order valence-corrected chi connectivity index (χ2v) is 5.79. The lowest BCUT2D eigenvalue weighted by Crippen LogP contribution is -2.24. The van der Waals surface area contributed by atoms with E-state index in [0.29, 0.717) is 13.0 Å². The molecule has 0 saturated carbocycles. The maximum atomic E-state index is 10.9. The van der Waals surface area contributed by atoms with E-state index < -0.39 is 10.0 Å². The largest absolute Gasteiger partial charge is 0.508 e. The van der Waals surface area contributed by atoms with Gasteiger partial charge in [0.1, 0.15) is 5.75 Å². The number of benzene rings is 1. The van der Waals surface area contributed by atoms with Crippen molar-refractivity contribution >= 4 is 20.9 Å². The van der Waals surface area contributed by atoms with Crippen LogP contribution in [0.15, 0.2) is 24.4 Å². The van der Waals surface area contributed by atoms with Crippen LogP contribution in [0.3, 0.4) is 0 Å². The van der Waals surface area contributed by atoms with E-state index in [4.69, 9.17) is 0 Å². The highest BCUT2D eigenvalue weighted by molar-refractivity contribution is 7.88. The minimum absolute atomic E-state index is 0.203. The quantitative estimate of drug-likeness (QED) is 0.760. The first kappa shape index (κ1) is 11.9. The number of phenolic OH excluding ortho intramolecular Hbond substituents is 1. The molecule has 1 aromatic heterocycles. The van der Waals surface area contributed by atoms with E-state index in [0.717, 1.165) is 22.7 Å². The molecule has 0 radical (unpaired) electrons. The molecule has 0 atom stereocenters. The number of fused-ring (bicyclic) bond motifs is 1. The summed E-state index contributed by atoms with van der Waals surface area (Å²) in [6.45, 7) is 0.349. The number of aromatic amines is 1. The van der Waals surface area contributed by atoms with Crippen molar-refractivity contribution in [3.8, 4) is 5.75 Å². The Morgan fingerprint density at radius 3 is 2.88 bits per heavy atom. The molecular weight excluding hydrogens is 240 g/mol. The fourth-order valence-corrected chi connectivity index (χ4v) is 2.22. The minimum atomic E-state index is -3.15. The van der Waals surface area contributed by atoms with E-state index in [1.807, 2.05) is 6.20 Å². The average molecular weight is 254 g/mol. The summed E-state index contributed by atoms with van der Waals surface area (Å²) in [5, 5.41) is 10.3. The Labute approximate surface area is 99.5 Å². The molecular formula is C11H14N2O3S. The van der Waals surface area contributed by atoms with Crippen LogP contribution in [0.5, 0.6) is 5.75 Å². The Morgan fingerprint density at radius 1 is 1.41 bits per heavy atom. The summed E-state index contributed by atoms with van der Waals surface area (Å²) in [5.74, 6) is 0.203. The highest BCUT2D eigenvalue weighted by Crippen LogP contribution is 2.22. The highest BCUT2D eigenvalue weighted by Gasteiger charge is 2.06. The van der Waals surface area contributed by atoms with Crippen LogP contribution in [-0.2, 0) is 16.4 Å². The molecule has 17 heavy (non-hydrogen) atoms. The third-order valence-electron chi connectivity index (χ3n) is 2.51. The van der Waals surface area contributed by atoms with Gasteiger partial charge in [-0.3, -0.25) is 0 Å². The molecule has 5 nitrogen and oxygen atoms in total. The summed E-state index contributed by atoms with van der Waals surface area (Å²) in [6, 6.07) is 5.07. The topological polar surface area (TPSA) is 82.2 Å². The van der Waals surface area contributed by atoms with E-state index in [1.54, 1.807) is 18.2 Å². The van der Waals surface area contributed by atoms with Crippen LogP contribution in [0, 0.1) is 0 Å². The first-order valence-electron chi connectivity index (χ1n) is 5.19. The van der Waals surface area contributed by atoms with Crippen LogP contribution >= 0.6 is 0 Å². The molecule has 0 aliphatic rings. The number of nitrogens with one attached hydrogen (secondary N) is 2. The minimum Gasteiger partial charge on any atom is -0.508 e. The summed E-state index contributed by atoms with van der Waals surface area (Å²) in [6.07, 6.45) is 3.54. The molecule has 0 amide bonds. The molecule has 2 aromatic rings. The lowest BCUT2D eigenvalue weighted by Gasteiger charge is -2.01. The van der Waals surface area contributed by atoms with E-state index in [2.05, 4.69) is 9.71 Å². The van der Waals surface area contributed by atoms with Gasteiger partial charge in [-0.15, -0.1) is 0 Å². The molecule has 6 heteroatoms. The van der Waals surface area contributed by atoms with Gasteiger partial charge < -0.3 is 10.1 Å². The summed E-state index contributed by atoms with van der Waals surface area (Å²) >= 11 is 0. The summed E-state index contributed by atoms with van der Waals surface area (Å²) in [7, 11) is -3.15. The van der Waals surface area contributed by atoms with Gasteiger partial charge in [-0.05, 0) is 30.2 Å². The maximum absolute atomic E-state index is 10.9. The lowest BCUT2D eigenvalue weighted by atomic mass is 10.1. The van der Waals surface area contributed by atoms with Gasteiger partial charge in [-0.2, -0.15) is 0 Å². The Hall–Kier alpha value is -1.53. The normalized spacial score (nSPS) is 12.1. The summed E-state index contributed by atoms with van der Waals surface area (Å²) < 4.78 is 24.3. The SMILES string of the molecule is CS(=O)(=O)NCCc1c[nH]c2ccc(O)cc12. The van der Waals surface area contributed by atoms with Gasteiger partial charge in [-0.1, -0.05) is 0 Å². The number of hydrogen-bond donors (Lipinski definition) is 3. The van der Waals surface area contributed by atoms with Crippen LogP contribution in [-0.4, -0.2) is 31.3 Å². The van der Waals surface area contributed by atoms with Crippen LogP contribution in [0.2, 0.25) is 0 Å². The van der Waals surface area contributed by atoms with Gasteiger partial charge in [-0.25, -0.2) is 13.1 Å². The second kappa shape index (κ2) is 4.38. The molecule has 0 bridgehead atoms. The van der Waals surface area contributed by atoms with Crippen LogP contribution in [0.1, 0.15) is 5.56 Å². The molecule has 92 valence electrons. The Balaban J connectivity index is 2.16. The second-order valence-electron chi connectivity index (χ2n) is 3.96. The Bertz CT molecular complexity index is 631. The van der Waals surface area contributed by atoms with E-state index in [-0.39, 0.29) is 5.75 Å². The molecule has 0 spiro atoms. The van der Waals surface area contributed by atoms with Crippen molar-refractivity contribution in [2.24, 2.45) is 0 Å². The Kier molecular flexibility index (Phi) is 3.08. The van der Waals surface area contributed by atoms with Gasteiger partial charge in [0.25, 0.3) is 0 Å². The van der Waals surface area contributed by atoms with Crippen LogP contribution in [0.25, 0.3) is 10.9 Å². The van der Waals surface area contributed by atoms with Crippen LogP contribution in [0.4, 0.5) is 0 Å². The Morgan fingerprint density at radius 2 is 2.18 bits per heavy atom. The van der Waals surface area contributed by atoms with Crippen molar-refractivity contribution in [1.29, 1.82) is 0 Å². The molecule has 2 rings (SSSR count). The number of hydrogen-bond acceptors (Lipinski definition) is 3. The molecule has 0 aliphatic carbocycles. The van der Waals surface area contributed by atoms with Crippen molar-refractivity contribution in [2.75, 3.05) is 12.8 Å². The van der Waals surface area contributed by atoms with Crippen molar-refractivity contribution < 1.29 is 13.5 Å². The monoisotopic (exact) mass is 254 g/mol. The zero-order chi connectivity index (χ0) is 12.5. The van der Waals surface area contributed by atoms with E-state index in [9.17, 15) is 13.5 Å². The molecule has 3 N–H and O–H groups in total. The molecule has 1 heterocycles. The van der Waals surface area contributed by atoms with Gasteiger partial charge >= 0.3 is 0 Å². The predicted molar refractivity (Wildman–Crippen MR) is 66.5 cm³/mol. The molecule has 0 aliphatic heterocycles. The molecule has 0 saturated heterocycles. The molecule has 0 unspecified atom stereocenters. The van der Waals surface area contributed by atoms with Crippen molar-refractivity contribution in [1.82, 2.24) is 9.71 Å². The van der Waals surface area contributed by atoms with Crippen molar-refractivity contribution in [2.45, 2.75) is 6.42 Å². The van der Waals surface area contributed by atoms with Gasteiger partial charge in [0.15, 0.2) is 0 Å². The predicted octanol–water partition coefficient (Wildman–Crippen LogP) is 0.965. The van der Waals surface area contributed by atoms with Gasteiger partial charge in [0.05, 0.1) is 6.26 Å². The zero-order valence-electron chi connectivity index (χ0n) is 9.40. The molecule has 1 aromatic carbocycles. The smallest absolute Gasteiger partial charge is 0.208 e. The van der Waals surface area contributed by atoms with E-state index in [1.165, 1.54) is 0 Å². The lowest BCUT2D eigenvalue weighted by molar-refractivity contribution is 0.476. The van der Waals surface area contributed by atoms with Gasteiger partial charge in [0.2, 0.25) is 10.0 Å². The van der Waals surface area contributed by atoms with Crippen molar-refractivity contribution in [3.63, 3.8) is 0 Å². The van der Waals surface area contributed by atoms with Gasteiger partial charge in [0, 0.05) is 23.6 Å². The fourth-order valence-electron chi connectivity index (χ4n) is 1.74. The average Bonchev–Trinajstić information content (AvgIpc) is 2.59. The first-order chi connectivity index (χ1) is 7.96. The summed E-state index contributed by atoms with van der Waals surface area (Å²) in [4.78, 5) is 3.07. The summed E-state index contributed by atoms with van der Waals surface area (Å²) in [5.41, 5.74) is 1.91. The number of phenols is 1. The molecule has 0 fully saturated rings. The zero-order valence-corrected chi connectivity index (χ0v) is 10.2. The van der Waals surface area contributed by atoms with E-state index >= 15 is 0 Å². The number of aromatic nitrogens is 1. The highest BCUT2D eigenvalue weighted by atomic mass is 32.2. The number of H-pyrrole nitrogens is 1. The third-order valence-corrected chi connectivity index (χ3v) is 3.24. The number of rotatable bonds is 4.